The molecule has 8 heteroatoms. The minimum atomic E-state index is -4.05. The summed E-state index contributed by atoms with van der Waals surface area (Å²) < 4.78 is 30.8. The van der Waals surface area contributed by atoms with E-state index in [1.165, 1.54) is 18.2 Å². The van der Waals surface area contributed by atoms with Crippen LogP contribution in [-0.2, 0) is 10.0 Å². The third kappa shape index (κ3) is 2.75. The molecule has 0 bridgehead atoms. The molecule has 2 rings (SSSR count). The molecular weight excluding hydrogens is 286 g/mol. The Labute approximate surface area is 114 Å². The third-order valence-electron chi connectivity index (χ3n) is 2.52. The number of carbonyl (C=O) groups is 1. The van der Waals surface area contributed by atoms with Gasteiger partial charge >= 0.3 is 5.97 Å². The molecule has 0 saturated heterocycles. The summed E-state index contributed by atoms with van der Waals surface area (Å²) in [6, 6.07) is 6.34. The number of benzene rings is 1. The van der Waals surface area contributed by atoms with E-state index in [1.54, 1.807) is 6.92 Å². The molecule has 0 atom stereocenters. The van der Waals surface area contributed by atoms with Crippen LogP contribution in [-0.4, -0.2) is 24.6 Å². The summed E-state index contributed by atoms with van der Waals surface area (Å²) in [5.74, 6) is -1.90. The third-order valence-corrected chi connectivity index (χ3v) is 3.77. The number of anilines is 1. The van der Waals surface area contributed by atoms with Gasteiger partial charge in [0.15, 0.2) is 0 Å². The lowest BCUT2D eigenvalue weighted by molar-refractivity contribution is 0.0656. The quantitative estimate of drug-likeness (QED) is 0.792. The van der Waals surface area contributed by atoms with Gasteiger partial charge < -0.3 is 14.6 Å². The van der Waals surface area contributed by atoms with Crippen molar-refractivity contribution >= 4 is 21.7 Å². The number of hydrogen-bond acceptors (Lipinski definition) is 5. The van der Waals surface area contributed by atoms with E-state index in [1.807, 2.05) is 0 Å². The second-order valence-electron chi connectivity index (χ2n) is 4.03. The van der Waals surface area contributed by atoms with Gasteiger partial charge in [0.25, 0.3) is 10.0 Å². The molecule has 1 aromatic carbocycles. The Morgan fingerprint density at radius 3 is 2.50 bits per heavy atom. The predicted molar refractivity (Wildman–Crippen MR) is 69.3 cm³/mol. The Hall–Kier alpha value is -2.48. The summed E-state index contributed by atoms with van der Waals surface area (Å²) in [5, 5.41) is 17.7. The fourth-order valence-electron chi connectivity index (χ4n) is 1.46. The molecule has 0 spiro atoms. The second-order valence-corrected chi connectivity index (χ2v) is 5.64. The molecule has 3 N–H and O–H groups in total. The van der Waals surface area contributed by atoms with Crippen LogP contribution in [0.25, 0.3) is 0 Å². The van der Waals surface area contributed by atoms with Gasteiger partial charge in [-0.05, 0) is 30.7 Å². The topological polar surface area (TPSA) is 117 Å². The molecule has 2 aromatic rings. The van der Waals surface area contributed by atoms with Crippen LogP contribution in [0.4, 0.5) is 5.69 Å². The van der Waals surface area contributed by atoms with Crippen molar-refractivity contribution in [1.82, 2.24) is 0 Å². The van der Waals surface area contributed by atoms with Crippen LogP contribution < -0.4 is 4.72 Å². The van der Waals surface area contributed by atoms with Crippen LogP contribution >= 0.6 is 0 Å². The molecule has 0 fully saturated rings. The number of carboxylic acids is 1. The predicted octanol–water partition coefficient (Wildman–Crippen LogP) is 1.79. The molecule has 0 aliphatic rings. The summed E-state index contributed by atoms with van der Waals surface area (Å²) in [6.07, 6.45) is 0. The van der Waals surface area contributed by atoms with Crippen molar-refractivity contribution in [1.29, 1.82) is 0 Å². The Kier molecular flexibility index (Phi) is 3.41. The summed E-state index contributed by atoms with van der Waals surface area (Å²) in [5.41, 5.74) is 0.737. The molecule has 0 saturated carbocycles. The first-order valence-corrected chi connectivity index (χ1v) is 6.93. The van der Waals surface area contributed by atoms with Gasteiger partial charge in [-0.1, -0.05) is 6.07 Å². The standard InChI is InChI=1S/C12H11NO6S/c1-7-2-3-8(6-9(7)14)13-20(17,18)11-5-4-10(19-11)12(15)16/h2-6,13-14H,1H3,(H,15,16). The van der Waals surface area contributed by atoms with Crippen LogP contribution in [0.15, 0.2) is 39.8 Å². The molecule has 0 radical (unpaired) electrons. The zero-order chi connectivity index (χ0) is 14.9. The van der Waals surface area contributed by atoms with E-state index >= 15 is 0 Å². The lowest BCUT2D eigenvalue weighted by atomic mass is 10.2. The molecule has 0 amide bonds. The van der Waals surface area contributed by atoms with Gasteiger partial charge in [0.2, 0.25) is 10.9 Å². The average Bonchev–Trinajstić information content (AvgIpc) is 2.84. The molecule has 20 heavy (non-hydrogen) atoms. The van der Waals surface area contributed by atoms with Crippen molar-refractivity contribution in [3.8, 4) is 5.75 Å². The highest BCUT2D eigenvalue weighted by Gasteiger charge is 2.21. The average molecular weight is 297 g/mol. The second kappa shape index (κ2) is 4.89. The van der Waals surface area contributed by atoms with E-state index in [9.17, 15) is 18.3 Å². The SMILES string of the molecule is Cc1ccc(NS(=O)(=O)c2ccc(C(=O)O)o2)cc1O. The Balaban J connectivity index is 2.30. The van der Waals surface area contributed by atoms with Crippen molar-refractivity contribution in [3.05, 3.63) is 41.7 Å². The fraction of sp³-hybridized carbons (Fsp3) is 0.0833. The van der Waals surface area contributed by atoms with Crippen LogP contribution in [0, 0.1) is 6.92 Å². The van der Waals surface area contributed by atoms with E-state index in [-0.39, 0.29) is 11.4 Å². The molecular formula is C12H11NO6S. The first kappa shape index (κ1) is 13.9. The van der Waals surface area contributed by atoms with Crippen molar-refractivity contribution < 1.29 is 27.8 Å². The molecule has 0 unspecified atom stereocenters. The van der Waals surface area contributed by atoms with Gasteiger partial charge in [0.1, 0.15) is 5.75 Å². The van der Waals surface area contributed by atoms with Crippen molar-refractivity contribution in [2.24, 2.45) is 0 Å². The first-order valence-electron chi connectivity index (χ1n) is 5.45. The number of sulfonamides is 1. The Morgan fingerprint density at radius 1 is 1.25 bits per heavy atom. The van der Waals surface area contributed by atoms with Gasteiger partial charge in [-0.2, -0.15) is 8.42 Å². The lowest BCUT2D eigenvalue weighted by Gasteiger charge is -2.07. The molecule has 1 heterocycles. The number of phenolic OH excluding ortho intramolecular Hbond substituents is 1. The number of nitrogens with one attached hydrogen (secondary N) is 1. The molecule has 1 aromatic heterocycles. The normalized spacial score (nSPS) is 11.2. The van der Waals surface area contributed by atoms with Crippen LogP contribution in [0.2, 0.25) is 0 Å². The van der Waals surface area contributed by atoms with Crippen LogP contribution in [0.1, 0.15) is 16.1 Å². The van der Waals surface area contributed by atoms with E-state index in [0.717, 1.165) is 12.1 Å². The summed E-state index contributed by atoms with van der Waals surface area (Å²) >= 11 is 0. The van der Waals surface area contributed by atoms with Gasteiger partial charge in [0, 0.05) is 6.07 Å². The summed E-state index contributed by atoms with van der Waals surface area (Å²) in [4.78, 5) is 10.6. The Morgan fingerprint density at radius 2 is 1.95 bits per heavy atom. The monoisotopic (exact) mass is 297 g/mol. The van der Waals surface area contributed by atoms with Crippen molar-refractivity contribution in [2.75, 3.05) is 4.72 Å². The minimum absolute atomic E-state index is 0.0594. The zero-order valence-corrected chi connectivity index (χ0v) is 11.1. The number of hydrogen-bond donors (Lipinski definition) is 3. The van der Waals surface area contributed by atoms with Crippen molar-refractivity contribution in [3.63, 3.8) is 0 Å². The number of phenols is 1. The highest BCUT2D eigenvalue weighted by Crippen LogP contribution is 2.24. The maximum Gasteiger partial charge on any atom is 0.371 e. The van der Waals surface area contributed by atoms with E-state index in [4.69, 9.17) is 9.52 Å². The van der Waals surface area contributed by atoms with E-state index in [0.29, 0.717) is 5.56 Å². The maximum atomic E-state index is 12.0. The van der Waals surface area contributed by atoms with Crippen LogP contribution in [0.5, 0.6) is 5.75 Å². The number of aryl methyl sites for hydroxylation is 1. The minimum Gasteiger partial charge on any atom is -0.508 e. The maximum absolute atomic E-state index is 12.0. The molecule has 0 aliphatic carbocycles. The molecule has 7 nitrogen and oxygen atoms in total. The largest absolute Gasteiger partial charge is 0.508 e. The van der Waals surface area contributed by atoms with E-state index < -0.39 is 26.8 Å². The van der Waals surface area contributed by atoms with Gasteiger partial charge in [0.05, 0.1) is 5.69 Å². The lowest BCUT2D eigenvalue weighted by Crippen LogP contribution is -2.12. The molecule has 0 aliphatic heterocycles. The van der Waals surface area contributed by atoms with Gasteiger partial charge in [-0.25, -0.2) is 4.79 Å². The number of aromatic hydroxyl groups is 1. The van der Waals surface area contributed by atoms with Crippen molar-refractivity contribution in [2.45, 2.75) is 12.0 Å². The molecule has 106 valence electrons. The number of carboxylic acid groups (broad SMARTS) is 1. The first-order chi connectivity index (χ1) is 9.29. The van der Waals surface area contributed by atoms with Gasteiger partial charge in [-0.15, -0.1) is 0 Å². The highest BCUT2D eigenvalue weighted by molar-refractivity contribution is 7.92. The number of aromatic carboxylic acids is 1. The van der Waals surface area contributed by atoms with Gasteiger partial charge in [-0.3, -0.25) is 4.72 Å². The number of furan rings is 1. The fourth-order valence-corrected chi connectivity index (χ4v) is 2.44. The Bertz CT molecular complexity index is 762. The number of rotatable bonds is 4. The smallest absolute Gasteiger partial charge is 0.371 e. The van der Waals surface area contributed by atoms with Crippen LogP contribution in [0.3, 0.4) is 0 Å². The summed E-state index contributed by atoms with van der Waals surface area (Å²) in [7, 11) is -4.05. The van der Waals surface area contributed by atoms with E-state index in [2.05, 4.69) is 4.72 Å². The highest BCUT2D eigenvalue weighted by atomic mass is 32.2. The zero-order valence-electron chi connectivity index (χ0n) is 10.3. The summed E-state index contributed by atoms with van der Waals surface area (Å²) in [6.45, 7) is 1.67.